The van der Waals surface area contributed by atoms with Crippen molar-refractivity contribution in [1.29, 1.82) is 0 Å². The summed E-state index contributed by atoms with van der Waals surface area (Å²) in [5.74, 6) is 0.710. The molecule has 0 bridgehead atoms. The van der Waals surface area contributed by atoms with Crippen molar-refractivity contribution in [2.75, 3.05) is 6.61 Å². The first-order valence-corrected chi connectivity index (χ1v) is 5.80. The molecule has 1 aromatic carbocycles. The van der Waals surface area contributed by atoms with E-state index in [-0.39, 0.29) is 12.2 Å². The number of epoxide rings is 1. The highest BCUT2D eigenvalue weighted by atomic mass is 35.5. The van der Waals surface area contributed by atoms with Gasteiger partial charge < -0.3 is 9.47 Å². The molecule has 1 fully saturated rings. The van der Waals surface area contributed by atoms with Crippen LogP contribution in [0.15, 0.2) is 30.9 Å². The average Bonchev–Trinajstić information content (AvgIpc) is 2.99. The summed E-state index contributed by atoms with van der Waals surface area (Å²) in [6.45, 7) is 4.20. The molecule has 0 spiro atoms. The second-order valence-electron chi connectivity index (χ2n) is 3.62. The fraction of sp³-hybridized carbons (Fsp3) is 0.333. The lowest BCUT2D eigenvalue weighted by Gasteiger charge is -2.04. The molecule has 1 aliphatic rings. The maximum absolute atomic E-state index is 5.87. The van der Waals surface area contributed by atoms with E-state index in [1.165, 1.54) is 0 Å². The van der Waals surface area contributed by atoms with Crippen LogP contribution >= 0.6 is 23.2 Å². The van der Waals surface area contributed by atoms with E-state index in [1.807, 2.05) is 6.08 Å². The van der Waals surface area contributed by atoms with E-state index < -0.39 is 0 Å². The zero-order chi connectivity index (χ0) is 11.5. The molecule has 1 aliphatic heterocycles. The van der Waals surface area contributed by atoms with E-state index in [0.29, 0.717) is 22.4 Å². The van der Waals surface area contributed by atoms with Crippen LogP contribution in [0.25, 0.3) is 0 Å². The van der Waals surface area contributed by atoms with Crippen LogP contribution in [0, 0.1) is 0 Å². The van der Waals surface area contributed by atoms with Crippen molar-refractivity contribution in [2.24, 2.45) is 0 Å². The summed E-state index contributed by atoms with van der Waals surface area (Å²) in [7, 11) is 0. The molecule has 0 N–H and O–H groups in total. The molecule has 0 saturated carbocycles. The van der Waals surface area contributed by atoms with E-state index >= 15 is 0 Å². The summed E-state index contributed by atoms with van der Waals surface area (Å²) in [6.07, 6.45) is 3.16. The first kappa shape index (κ1) is 11.8. The lowest BCUT2D eigenvalue weighted by molar-refractivity contribution is 0.260. The van der Waals surface area contributed by atoms with E-state index in [4.69, 9.17) is 32.7 Å². The zero-order valence-corrected chi connectivity index (χ0v) is 10.2. The van der Waals surface area contributed by atoms with Crippen LogP contribution < -0.4 is 4.74 Å². The number of hydrogen-bond donors (Lipinski definition) is 0. The Balaban J connectivity index is 1.82. The molecule has 16 heavy (non-hydrogen) atoms. The summed E-state index contributed by atoms with van der Waals surface area (Å²) in [5, 5.41) is 1.03. The third kappa shape index (κ3) is 2.91. The van der Waals surface area contributed by atoms with Gasteiger partial charge in [0.1, 0.15) is 18.5 Å². The molecule has 2 atom stereocenters. The van der Waals surface area contributed by atoms with Crippen molar-refractivity contribution >= 4 is 23.2 Å². The Bertz CT molecular complexity index is 393. The number of rotatable bonds is 5. The van der Waals surface area contributed by atoms with Crippen molar-refractivity contribution in [2.45, 2.75) is 18.6 Å². The van der Waals surface area contributed by atoms with Gasteiger partial charge >= 0.3 is 0 Å². The highest BCUT2D eigenvalue weighted by Gasteiger charge is 2.38. The van der Waals surface area contributed by atoms with Crippen LogP contribution in [-0.2, 0) is 4.74 Å². The smallest absolute Gasteiger partial charge is 0.121 e. The summed E-state index contributed by atoms with van der Waals surface area (Å²) in [4.78, 5) is 0. The zero-order valence-electron chi connectivity index (χ0n) is 8.66. The fourth-order valence-corrected chi connectivity index (χ4v) is 1.73. The first-order chi connectivity index (χ1) is 7.70. The number of halogens is 2. The average molecular weight is 259 g/mol. The Morgan fingerprint density at radius 3 is 2.81 bits per heavy atom. The van der Waals surface area contributed by atoms with Crippen LogP contribution in [0.3, 0.4) is 0 Å². The Kier molecular flexibility index (Phi) is 3.74. The predicted octanol–water partition coefficient (Wildman–Crippen LogP) is 3.72. The molecule has 4 heteroatoms. The maximum atomic E-state index is 5.87. The molecule has 1 aromatic rings. The molecule has 0 radical (unpaired) electrons. The highest BCUT2D eigenvalue weighted by Crippen LogP contribution is 2.29. The third-order valence-electron chi connectivity index (χ3n) is 2.39. The largest absolute Gasteiger partial charge is 0.491 e. The highest BCUT2D eigenvalue weighted by molar-refractivity contribution is 6.42. The normalized spacial score (nSPS) is 22.9. The lowest BCUT2D eigenvalue weighted by atomic mass is 10.2. The van der Waals surface area contributed by atoms with Crippen LogP contribution in [-0.4, -0.2) is 18.8 Å². The maximum Gasteiger partial charge on any atom is 0.121 e. The van der Waals surface area contributed by atoms with E-state index in [0.717, 1.165) is 6.42 Å². The summed E-state index contributed by atoms with van der Waals surface area (Å²) < 4.78 is 10.9. The van der Waals surface area contributed by atoms with Crippen LogP contribution in [0.1, 0.15) is 6.42 Å². The van der Waals surface area contributed by atoms with Gasteiger partial charge in [-0.15, -0.1) is 6.58 Å². The molecule has 2 nitrogen and oxygen atoms in total. The Morgan fingerprint density at radius 2 is 2.12 bits per heavy atom. The van der Waals surface area contributed by atoms with E-state index in [2.05, 4.69) is 6.58 Å². The minimum atomic E-state index is 0.174. The van der Waals surface area contributed by atoms with Crippen molar-refractivity contribution < 1.29 is 9.47 Å². The Hall–Kier alpha value is -0.700. The molecular formula is C12H12Cl2O2. The molecule has 0 aliphatic carbocycles. The number of hydrogen-bond acceptors (Lipinski definition) is 2. The standard InChI is InChI=1S/C12H12Cl2O2/c1-2-3-11-12(16-11)7-15-8-4-5-9(13)10(14)6-8/h2,4-6,11-12H,1,3,7H2. The topological polar surface area (TPSA) is 21.8 Å². The monoisotopic (exact) mass is 258 g/mol. The number of ether oxygens (including phenoxy) is 2. The van der Waals surface area contributed by atoms with E-state index in [1.54, 1.807) is 18.2 Å². The van der Waals surface area contributed by atoms with Gasteiger partial charge in [-0.05, 0) is 18.6 Å². The van der Waals surface area contributed by atoms with Gasteiger partial charge in [0.2, 0.25) is 0 Å². The van der Waals surface area contributed by atoms with E-state index in [9.17, 15) is 0 Å². The van der Waals surface area contributed by atoms with Gasteiger partial charge in [0.05, 0.1) is 16.1 Å². The molecule has 1 heterocycles. The SMILES string of the molecule is C=CCC1OC1COc1ccc(Cl)c(Cl)c1. The second-order valence-corrected chi connectivity index (χ2v) is 4.44. The molecule has 86 valence electrons. The molecule has 1 saturated heterocycles. The number of benzene rings is 1. The second kappa shape index (κ2) is 5.09. The van der Waals surface area contributed by atoms with Gasteiger partial charge in [-0.2, -0.15) is 0 Å². The van der Waals surface area contributed by atoms with Gasteiger partial charge in [-0.25, -0.2) is 0 Å². The van der Waals surface area contributed by atoms with Crippen molar-refractivity contribution in [1.82, 2.24) is 0 Å². The Morgan fingerprint density at radius 1 is 1.31 bits per heavy atom. The fourth-order valence-electron chi connectivity index (χ4n) is 1.44. The summed E-state index contributed by atoms with van der Waals surface area (Å²) in [6, 6.07) is 5.21. The first-order valence-electron chi connectivity index (χ1n) is 5.05. The van der Waals surface area contributed by atoms with Crippen molar-refractivity contribution in [3.05, 3.63) is 40.9 Å². The minimum Gasteiger partial charge on any atom is -0.491 e. The Labute approximate surface area is 105 Å². The van der Waals surface area contributed by atoms with Crippen LogP contribution in [0.2, 0.25) is 10.0 Å². The third-order valence-corrected chi connectivity index (χ3v) is 3.13. The molecule has 2 unspecified atom stereocenters. The summed E-state index contributed by atoms with van der Waals surface area (Å²) in [5.41, 5.74) is 0. The molecule has 0 aromatic heterocycles. The van der Waals surface area contributed by atoms with Gasteiger partial charge in [0.25, 0.3) is 0 Å². The molecule has 0 amide bonds. The van der Waals surface area contributed by atoms with Crippen molar-refractivity contribution in [3.63, 3.8) is 0 Å². The molecule has 2 rings (SSSR count). The molecular weight excluding hydrogens is 247 g/mol. The summed E-state index contributed by atoms with van der Waals surface area (Å²) >= 11 is 11.7. The predicted molar refractivity (Wildman–Crippen MR) is 65.4 cm³/mol. The lowest BCUT2D eigenvalue weighted by Crippen LogP contribution is -2.07. The van der Waals surface area contributed by atoms with Crippen molar-refractivity contribution in [3.8, 4) is 5.75 Å². The van der Waals surface area contributed by atoms with Gasteiger partial charge in [-0.1, -0.05) is 29.3 Å². The van der Waals surface area contributed by atoms with Gasteiger partial charge in [0.15, 0.2) is 0 Å². The van der Waals surface area contributed by atoms with Crippen LogP contribution in [0.5, 0.6) is 5.75 Å². The van der Waals surface area contributed by atoms with Gasteiger partial charge in [0, 0.05) is 6.07 Å². The van der Waals surface area contributed by atoms with Crippen LogP contribution in [0.4, 0.5) is 0 Å². The van der Waals surface area contributed by atoms with Gasteiger partial charge in [-0.3, -0.25) is 0 Å². The quantitative estimate of drug-likeness (QED) is 0.593. The minimum absolute atomic E-state index is 0.174.